The molecular weight excluding hydrogens is 330 g/mol. The van der Waals surface area contributed by atoms with Crippen LogP contribution in [0.25, 0.3) is 0 Å². The van der Waals surface area contributed by atoms with Gasteiger partial charge in [-0.1, -0.05) is 0 Å². The minimum atomic E-state index is -0.0857. The Hall–Kier alpha value is -2.93. The fourth-order valence-corrected chi connectivity index (χ4v) is 3.22. The molecular formula is C19H21N5O2. The lowest BCUT2D eigenvalue weighted by molar-refractivity contribution is 0.0105. The summed E-state index contributed by atoms with van der Waals surface area (Å²) in [5.74, 6) is -0.0229. The van der Waals surface area contributed by atoms with Crippen LogP contribution in [0.2, 0.25) is 0 Å². The number of pyridine rings is 1. The van der Waals surface area contributed by atoms with Crippen molar-refractivity contribution >= 4 is 5.91 Å². The Balaban J connectivity index is 1.52. The maximum Gasteiger partial charge on any atom is 0.257 e. The van der Waals surface area contributed by atoms with Crippen molar-refractivity contribution in [2.45, 2.75) is 25.8 Å². The molecule has 1 amide bonds. The van der Waals surface area contributed by atoms with E-state index in [4.69, 9.17) is 4.74 Å². The first kappa shape index (κ1) is 16.5. The van der Waals surface area contributed by atoms with E-state index >= 15 is 0 Å². The minimum absolute atomic E-state index is 0.0229. The fourth-order valence-electron chi connectivity index (χ4n) is 3.22. The molecule has 1 unspecified atom stereocenters. The normalized spacial score (nSPS) is 17.0. The van der Waals surface area contributed by atoms with Crippen molar-refractivity contribution < 1.29 is 9.53 Å². The number of fused-ring (bicyclic) bond motifs is 1. The lowest BCUT2D eigenvalue weighted by Crippen LogP contribution is -2.37. The lowest BCUT2D eigenvalue weighted by Gasteiger charge is -2.24. The van der Waals surface area contributed by atoms with Crippen molar-refractivity contribution in [1.82, 2.24) is 24.2 Å². The molecule has 0 aromatic carbocycles. The number of amides is 1. The third-order valence-corrected chi connectivity index (χ3v) is 4.57. The van der Waals surface area contributed by atoms with Crippen LogP contribution < -0.4 is 0 Å². The van der Waals surface area contributed by atoms with Gasteiger partial charge in [-0.3, -0.25) is 14.5 Å². The highest BCUT2D eigenvalue weighted by molar-refractivity contribution is 5.93. The second kappa shape index (κ2) is 7.13. The van der Waals surface area contributed by atoms with Gasteiger partial charge in [0.2, 0.25) is 0 Å². The summed E-state index contributed by atoms with van der Waals surface area (Å²) in [6, 6.07) is 7.94. The first-order chi connectivity index (χ1) is 12.7. The summed E-state index contributed by atoms with van der Waals surface area (Å²) >= 11 is 0. The van der Waals surface area contributed by atoms with Gasteiger partial charge in [-0.15, -0.1) is 0 Å². The van der Waals surface area contributed by atoms with E-state index in [2.05, 4.69) is 20.7 Å². The zero-order chi connectivity index (χ0) is 17.9. The van der Waals surface area contributed by atoms with E-state index in [1.807, 2.05) is 36.3 Å². The molecule has 1 aliphatic rings. The molecule has 0 N–H and O–H groups in total. The van der Waals surface area contributed by atoms with Crippen LogP contribution in [0.1, 0.15) is 21.6 Å². The van der Waals surface area contributed by atoms with E-state index in [1.54, 1.807) is 29.5 Å². The number of carbonyl (C=O) groups excluding carboxylic acids is 1. The van der Waals surface area contributed by atoms with Gasteiger partial charge in [-0.2, -0.15) is 5.10 Å². The summed E-state index contributed by atoms with van der Waals surface area (Å²) in [5.41, 5.74) is 2.78. The van der Waals surface area contributed by atoms with E-state index < -0.39 is 0 Å². The van der Waals surface area contributed by atoms with Crippen molar-refractivity contribution in [1.29, 1.82) is 0 Å². The van der Waals surface area contributed by atoms with E-state index in [9.17, 15) is 4.79 Å². The molecule has 1 aliphatic heterocycles. The number of aromatic nitrogens is 4. The number of carbonyl (C=O) groups is 1. The fraction of sp³-hybridized carbons (Fsp3) is 0.316. The van der Waals surface area contributed by atoms with E-state index in [0.717, 1.165) is 17.8 Å². The predicted octanol–water partition coefficient (Wildman–Crippen LogP) is 1.86. The summed E-state index contributed by atoms with van der Waals surface area (Å²) in [5, 5.41) is 4.11. The van der Waals surface area contributed by atoms with Gasteiger partial charge in [-0.25, -0.2) is 0 Å². The number of nitrogens with zero attached hydrogens (tertiary/aromatic N) is 5. The number of ether oxygens (including phenoxy) is 1. The predicted molar refractivity (Wildman–Crippen MR) is 95.2 cm³/mol. The lowest BCUT2D eigenvalue weighted by atomic mass is 10.2. The highest BCUT2D eigenvalue weighted by Gasteiger charge is 2.26. The van der Waals surface area contributed by atoms with Crippen LogP contribution in [-0.2, 0) is 31.5 Å². The molecule has 0 spiro atoms. The second-order valence-electron chi connectivity index (χ2n) is 6.53. The van der Waals surface area contributed by atoms with Crippen molar-refractivity contribution in [3.8, 4) is 0 Å². The molecule has 7 nitrogen and oxygen atoms in total. The maximum atomic E-state index is 12.9. The van der Waals surface area contributed by atoms with E-state index in [1.165, 1.54) is 0 Å². The first-order valence-electron chi connectivity index (χ1n) is 8.61. The molecule has 0 bridgehead atoms. The molecule has 0 saturated carbocycles. The highest BCUT2D eigenvalue weighted by atomic mass is 16.5. The summed E-state index contributed by atoms with van der Waals surface area (Å²) in [6.07, 6.45) is 8.83. The molecule has 0 saturated heterocycles. The molecule has 0 radical (unpaired) electrons. The zero-order valence-corrected chi connectivity index (χ0v) is 14.7. The second-order valence-corrected chi connectivity index (χ2v) is 6.53. The Morgan fingerprint density at radius 2 is 2.12 bits per heavy atom. The van der Waals surface area contributed by atoms with Crippen LogP contribution in [0.3, 0.4) is 0 Å². The molecule has 3 aromatic heterocycles. The number of hydrogen-bond acceptors (Lipinski definition) is 4. The van der Waals surface area contributed by atoms with Crippen molar-refractivity contribution in [2.24, 2.45) is 7.05 Å². The molecule has 7 heteroatoms. The third-order valence-electron chi connectivity index (χ3n) is 4.57. The quantitative estimate of drug-likeness (QED) is 0.720. The van der Waals surface area contributed by atoms with Crippen LogP contribution in [0, 0.1) is 0 Å². The van der Waals surface area contributed by atoms with Crippen LogP contribution in [-0.4, -0.2) is 42.8 Å². The zero-order valence-electron chi connectivity index (χ0n) is 14.7. The van der Waals surface area contributed by atoms with Gasteiger partial charge >= 0.3 is 0 Å². The molecule has 26 heavy (non-hydrogen) atoms. The van der Waals surface area contributed by atoms with Gasteiger partial charge in [0.15, 0.2) is 0 Å². The average Bonchev–Trinajstić information content (AvgIpc) is 3.24. The monoisotopic (exact) mass is 351 g/mol. The van der Waals surface area contributed by atoms with Gasteiger partial charge < -0.3 is 14.2 Å². The van der Waals surface area contributed by atoms with Crippen LogP contribution in [0.4, 0.5) is 0 Å². The Morgan fingerprint density at radius 1 is 1.27 bits per heavy atom. The van der Waals surface area contributed by atoms with Gasteiger partial charge in [0, 0.05) is 44.1 Å². The molecule has 0 fully saturated rings. The largest absolute Gasteiger partial charge is 0.370 e. The van der Waals surface area contributed by atoms with Crippen LogP contribution in [0.15, 0.2) is 55.2 Å². The van der Waals surface area contributed by atoms with Crippen molar-refractivity contribution in [3.63, 3.8) is 0 Å². The summed E-state index contributed by atoms with van der Waals surface area (Å²) in [7, 11) is 1.81. The highest BCUT2D eigenvalue weighted by Crippen LogP contribution is 2.18. The Bertz CT molecular complexity index is 886. The first-order valence-corrected chi connectivity index (χ1v) is 8.61. The topological polar surface area (TPSA) is 65.2 Å². The standard InChI is InChI=1S/C19H21N5O2/c1-22-10-16(9-21-22)19(25)24-11-17-3-2-8-23(17)12-18(13-24)26-14-15-4-6-20-7-5-15/h2-10,18H,11-14H2,1H3. The SMILES string of the molecule is Cn1cc(C(=O)N2Cc3cccn3CC(OCc3ccncc3)C2)cn1. The maximum absolute atomic E-state index is 12.9. The average molecular weight is 351 g/mol. The Morgan fingerprint density at radius 3 is 2.88 bits per heavy atom. The van der Waals surface area contributed by atoms with Crippen LogP contribution >= 0.6 is 0 Å². The number of aryl methyl sites for hydroxylation is 1. The third kappa shape index (κ3) is 3.52. The molecule has 0 aliphatic carbocycles. The van der Waals surface area contributed by atoms with Crippen molar-refractivity contribution in [3.05, 3.63) is 72.1 Å². The van der Waals surface area contributed by atoms with Gasteiger partial charge in [-0.05, 0) is 29.8 Å². The minimum Gasteiger partial charge on any atom is -0.370 e. The van der Waals surface area contributed by atoms with E-state index in [0.29, 0.717) is 25.3 Å². The number of rotatable bonds is 4. The van der Waals surface area contributed by atoms with Gasteiger partial charge in [0.1, 0.15) is 0 Å². The summed E-state index contributed by atoms with van der Waals surface area (Å²) in [6.45, 7) is 2.33. The van der Waals surface area contributed by atoms with E-state index in [-0.39, 0.29) is 12.0 Å². The molecule has 134 valence electrons. The molecule has 3 aromatic rings. The summed E-state index contributed by atoms with van der Waals surface area (Å²) in [4.78, 5) is 18.8. The van der Waals surface area contributed by atoms with Crippen molar-refractivity contribution in [2.75, 3.05) is 6.54 Å². The molecule has 4 heterocycles. The molecule has 1 atom stereocenters. The summed E-state index contributed by atoms with van der Waals surface area (Å²) < 4.78 is 9.94. The number of hydrogen-bond donors (Lipinski definition) is 0. The molecule has 4 rings (SSSR count). The Labute approximate surface area is 151 Å². The van der Waals surface area contributed by atoms with Gasteiger partial charge in [0.05, 0.1) is 37.6 Å². The van der Waals surface area contributed by atoms with Crippen LogP contribution in [0.5, 0.6) is 0 Å². The smallest absolute Gasteiger partial charge is 0.257 e. The Kier molecular flexibility index (Phi) is 4.53. The van der Waals surface area contributed by atoms with Gasteiger partial charge in [0.25, 0.3) is 5.91 Å².